The molecule has 0 aliphatic carbocycles. The number of amides is 2. The van der Waals surface area contributed by atoms with Crippen LogP contribution in [0.3, 0.4) is 0 Å². The van der Waals surface area contributed by atoms with Crippen molar-refractivity contribution in [3.8, 4) is 5.75 Å². The van der Waals surface area contributed by atoms with Gasteiger partial charge in [-0.15, -0.1) is 0 Å². The summed E-state index contributed by atoms with van der Waals surface area (Å²) in [4.78, 5) is 28.8. The zero-order valence-corrected chi connectivity index (χ0v) is 21.6. The van der Waals surface area contributed by atoms with Gasteiger partial charge in [0.2, 0.25) is 11.8 Å². The fourth-order valence-electron chi connectivity index (χ4n) is 3.92. The molecule has 3 rings (SSSR count). The van der Waals surface area contributed by atoms with Gasteiger partial charge in [0, 0.05) is 29.6 Å². The minimum atomic E-state index is -0.814. The topological polar surface area (TPSA) is 58.6 Å². The first-order valence-corrected chi connectivity index (χ1v) is 12.4. The van der Waals surface area contributed by atoms with E-state index in [1.165, 1.54) is 17.0 Å². The van der Waals surface area contributed by atoms with Crippen molar-refractivity contribution in [3.63, 3.8) is 0 Å². The van der Waals surface area contributed by atoms with Crippen molar-refractivity contribution < 1.29 is 18.7 Å². The van der Waals surface area contributed by atoms with E-state index in [4.69, 9.17) is 16.3 Å². The minimum absolute atomic E-state index is 0.0643. The Kier molecular flexibility index (Phi) is 9.88. The van der Waals surface area contributed by atoms with Crippen LogP contribution in [-0.4, -0.2) is 35.9 Å². The van der Waals surface area contributed by atoms with E-state index in [2.05, 4.69) is 5.32 Å². The maximum absolute atomic E-state index is 14.6. The second-order valence-electron chi connectivity index (χ2n) is 8.77. The van der Waals surface area contributed by atoms with Gasteiger partial charge in [0.1, 0.15) is 17.6 Å². The number of halogens is 2. The number of benzene rings is 3. The molecule has 0 heterocycles. The lowest BCUT2D eigenvalue weighted by Crippen LogP contribution is -2.52. The zero-order chi connectivity index (χ0) is 26.1. The van der Waals surface area contributed by atoms with Crippen LogP contribution in [0.4, 0.5) is 4.39 Å². The van der Waals surface area contributed by atoms with Gasteiger partial charge in [0.05, 0.1) is 13.5 Å². The van der Waals surface area contributed by atoms with Crippen LogP contribution >= 0.6 is 11.6 Å². The van der Waals surface area contributed by atoms with E-state index >= 15 is 0 Å². The Bertz CT molecular complexity index is 1150. The van der Waals surface area contributed by atoms with Crippen LogP contribution in [0.15, 0.2) is 72.8 Å². The summed E-state index contributed by atoms with van der Waals surface area (Å²) < 4.78 is 19.9. The Hall–Kier alpha value is -3.38. The maximum atomic E-state index is 14.6. The molecule has 0 saturated heterocycles. The molecule has 2 atom stereocenters. The van der Waals surface area contributed by atoms with Crippen LogP contribution in [0.1, 0.15) is 37.0 Å². The number of methoxy groups -OCH3 is 1. The van der Waals surface area contributed by atoms with E-state index in [-0.39, 0.29) is 35.5 Å². The number of hydrogen-bond donors (Lipinski definition) is 1. The molecule has 0 aliphatic heterocycles. The third kappa shape index (κ3) is 7.31. The van der Waals surface area contributed by atoms with Crippen LogP contribution in [0.2, 0.25) is 5.02 Å². The summed E-state index contributed by atoms with van der Waals surface area (Å²) in [5.74, 6) is -0.573. The standard InChI is InChI=1S/C29H32ClFN2O3/c1-4-20(2)32-29(35)27(17-21-10-6-5-7-11-21)33(19-22-12-8-13-23(16-22)36-3)28(34)18-24-25(30)14-9-15-26(24)31/h5-16,20,27H,4,17-19H2,1-3H3,(H,32,35)/t20-,27-/m1/s1. The molecule has 190 valence electrons. The second kappa shape index (κ2) is 13.1. The van der Waals surface area contributed by atoms with Gasteiger partial charge in [0.25, 0.3) is 0 Å². The molecule has 0 aromatic heterocycles. The molecule has 3 aromatic carbocycles. The fourth-order valence-corrected chi connectivity index (χ4v) is 4.15. The van der Waals surface area contributed by atoms with Crippen LogP contribution in [0.5, 0.6) is 5.75 Å². The minimum Gasteiger partial charge on any atom is -0.497 e. The van der Waals surface area contributed by atoms with Crippen molar-refractivity contribution >= 4 is 23.4 Å². The number of carbonyl (C=O) groups excluding carboxylic acids is 2. The normalized spacial score (nSPS) is 12.5. The molecule has 0 unspecified atom stereocenters. The lowest BCUT2D eigenvalue weighted by molar-refractivity contribution is -0.141. The van der Waals surface area contributed by atoms with E-state index in [1.807, 2.05) is 68.4 Å². The molecule has 0 saturated carbocycles. The number of ether oxygens (including phenoxy) is 1. The zero-order valence-electron chi connectivity index (χ0n) is 20.8. The lowest BCUT2D eigenvalue weighted by atomic mass is 10.0. The number of carbonyl (C=O) groups is 2. The first-order valence-electron chi connectivity index (χ1n) is 12.0. The summed E-state index contributed by atoms with van der Waals surface area (Å²) in [6.45, 7) is 4.05. The van der Waals surface area contributed by atoms with Gasteiger partial charge in [0.15, 0.2) is 0 Å². The lowest BCUT2D eigenvalue weighted by Gasteiger charge is -2.32. The quantitative estimate of drug-likeness (QED) is 0.366. The molecule has 0 spiro atoms. The van der Waals surface area contributed by atoms with Gasteiger partial charge in [-0.05, 0) is 48.7 Å². The van der Waals surface area contributed by atoms with Crippen LogP contribution in [0, 0.1) is 5.82 Å². The summed E-state index contributed by atoms with van der Waals surface area (Å²) in [6, 6.07) is 20.3. The molecular weight excluding hydrogens is 479 g/mol. The smallest absolute Gasteiger partial charge is 0.243 e. The van der Waals surface area contributed by atoms with Crippen LogP contribution in [0.25, 0.3) is 0 Å². The number of hydrogen-bond acceptors (Lipinski definition) is 3. The van der Waals surface area contributed by atoms with Gasteiger partial charge in [-0.25, -0.2) is 4.39 Å². The highest BCUT2D eigenvalue weighted by atomic mass is 35.5. The van der Waals surface area contributed by atoms with Gasteiger partial charge in [-0.3, -0.25) is 9.59 Å². The van der Waals surface area contributed by atoms with Crippen molar-refractivity contribution in [2.24, 2.45) is 0 Å². The summed E-state index contributed by atoms with van der Waals surface area (Å²) in [7, 11) is 1.57. The Labute approximate surface area is 217 Å². The van der Waals surface area contributed by atoms with E-state index in [0.717, 1.165) is 17.5 Å². The summed E-state index contributed by atoms with van der Waals surface area (Å²) >= 11 is 6.23. The monoisotopic (exact) mass is 510 g/mol. The van der Waals surface area contributed by atoms with Crippen molar-refractivity contribution in [1.29, 1.82) is 0 Å². The average Bonchev–Trinajstić information content (AvgIpc) is 2.88. The molecule has 36 heavy (non-hydrogen) atoms. The van der Waals surface area contributed by atoms with Gasteiger partial charge in [-0.2, -0.15) is 0 Å². The second-order valence-corrected chi connectivity index (χ2v) is 9.18. The largest absolute Gasteiger partial charge is 0.497 e. The molecule has 1 N–H and O–H groups in total. The fraction of sp³-hybridized carbons (Fsp3) is 0.310. The van der Waals surface area contributed by atoms with Crippen molar-refractivity contribution in [1.82, 2.24) is 10.2 Å². The first-order chi connectivity index (χ1) is 17.3. The molecule has 7 heteroatoms. The Balaban J connectivity index is 2.02. The predicted octanol–water partition coefficient (Wildman–Crippen LogP) is 5.59. The Morgan fingerprint density at radius 3 is 2.39 bits per heavy atom. The molecule has 2 amide bonds. The van der Waals surface area contributed by atoms with E-state index in [9.17, 15) is 14.0 Å². The van der Waals surface area contributed by atoms with Crippen molar-refractivity contribution in [2.75, 3.05) is 7.11 Å². The molecule has 5 nitrogen and oxygen atoms in total. The van der Waals surface area contributed by atoms with Gasteiger partial charge in [-0.1, -0.05) is 67.1 Å². The summed E-state index contributed by atoms with van der Waals surface area (Å²) in [5, 5.41) is 3.20. The van der Waals surface area contributed by atoms with Crippen molar-refractivity contribution in [2.45, 2.75) is 51.7 Å². The van der Waals surface area contributed by atoms with Gasteiger partial charge >= 0.3 is 0 Å². The first kappa shape index (κ1) is 27.2. The number of nitrogens with one attached hydrogen (secondary N) is 1. The molecule has 0 aliphatic rings. The number of nitrogens with zero attached hydrogens (tertiary/aromatic N) is 1. The SMILES string of the molecule is CC[C@@H](C)NC(=O)[C@@H](Cc1ccccc1)N(Cc1cccc(OC)c1)C(=O)Cc1c(F)cccc1Cl. The molecular formula is C29H32ClFN2O3. The van der Waals surface area contributed by atoms with E-state index < -0.39 is 17.8 Å². The summed E-state index contributed by atoms with van der Waals surface area (Å²) in [6.07, 6.45) is 0.791. The molecule has 0 bridgehead atoms. The molecule has 0 radical (unpaired) electrons. The van der Waals surface area contributed by atoms with Crippen LogP contribution in [-0.2, 0) is 29.0 Å². The van der Waals surface area contributed by atoms with E-state index in [0.29, 0.717) is 12.2 Å². The molecule has 0 fully saturated rings. The predicted molar refractivity (Wildman–Crippen MR) is 140 cm³/mol. The van der Waals surface area contributed by atoms with Crippen molar-refractivity contribution in [3.05, 3.63) is 100 Å². The third-order valence-electron chi connectivity index (χ3n) is 6.15. The van der Waals surface area contributed by atoms with Gasteiger partial charge < -0.3 is 15.0 Å². The average molecular weight is 511 g/mol. The summed E-state index contributed by atoms with van der Waals surface area (Å²) in [5.41, 5.74) is 1.81. The highest BCUT2D eigenvalue weighted by Gasteiger charge is 2.31. The van der Waals surface area contributed by atoms with Crippen LogP contribution < -0.4 is 10.1 Å². The Morgan fingerprint density at radius 1 is 1.03 bits per heavy atom. The Morgan fingerprint density at radius 2 is 1.72 bits per heavy atom. The van der Waals surface area contributed by atoms with E-state index in [1.54, 1.807) is 13.2 Å². The highest BCUT2D eigenvalue weighted by Crippen LogP contribution is 2.23. The number of rotatable bonds is 11. The third-order valence-corrected chi connectivity index (χ3v) is 6.50. The molecule has 3 aromatic rings. The maximum Gasteiger partial charge on any atom is 0.243 e. The highest BCUT2D eigenvalue weighted by molar-refractivity contribution is 6.31.